The van der Waals surface area contributed by atoms with Crippen LogP contribution >= 0.6 is 0 Å². The van der Waals surface area contributed by atoms with E-state index >= 15 is 0 Å². The second-order valence-corrected chi connectivity index (χ2v) is 10.1. The smallest absolute Gasteiger partial charge is 0.0165 e. The van der Waals surface area contributed by atoms with Gasteiger partial charge in [0, 0.05) is 5.41 Å². The summed E-state index contributed by atoms with van der Waals surface area (Å²) in [5.74, 6) is 0. The number of hydrogen-bond acceptors (Lipinski definition) is 0. The van der Waals surface area contributed by atoms with Gasteiger partial charge < -0.3 is 0 Å². The highest BCUT2D eigenvalue weighted by Crippen LogP contribution is 2.54. The molecule has 0 nitrogen and oxygen atoms in total. The Balaban J connectivity index is 0.000000443. The molecule has 0 aliphatic heterocycles. The van der Waals surface area contributed by atoms with Gasteiger partial charge in [-0.2, -0.15) is 0 Å². The summed E-state index contributed by atoms with van der Waals surface area (Å²) in [5.41, 5.74) is 5.67. The molecule has 0 aromatic heterocycles. The first-order valence-electron chi connectivity index (χ1n) is 14.5. The minimum atomic E-state index is -0.0352. The first kappa shape index (κ1) is 27.4. The van der Waals surface area contributed by atoms with E-state index in [9.17, 15) is 0 Å². The molecule has 6 aromatic rings. The molecule has 6 aromatic carbocycles. The van der Waals surface area contributed by atoms with Crippen molar-refractivity contribution in [1.82, 2.24) is 0 Å². The lowest BCUT2D eigenvalue weighted by atomic mass is 9.79. The van der Waals surface area contributed by atoms with E-state index in [1.165, 1.54) is 71.8 Å². The maximum absolute atomic E-state index is 2.39. The highest BCUT2D eigenvalue weighted by molar-refractivity contribution is 6.14. The van der Waals surface area contributed by atoms with Gasteiger partial charge in [-0.15, -0.1) is 0 Å². The second-order valence-electron chi connectivity index (χ2n) is 10.1. The van der Waals surface area contributed by atoms with Crippen molar-refractivity contribution >= 4 is 43.1 Å². The molecule has 38 heavy (non-hydrogen) atoms. The number of fused-ring (bicyclic) bond motifs is 10. The van der Waals surface area contributed by atoms with Crippen LogP contribution in [0.1, 0.15) is 72.9 Å². The van der Waals surface area contributed by atoms with Crippen LogP contribution in [0.5, 0.6) is 0 Å². The molecule has 0 saturated heterocycles. The molecule has 0 heterocycles. The summed E-state index contributed by atoms with van der Waals surface area (Å²) in [5, 5.41) is 10.7. The predicted octanol–water partition coefficient (Wildman–Crippen LogP) is 12.1. The van der Waals surface area contributed by atoms with Crippen LogP contribution in [-0.4, -0.2) is 0 Å². The van der Waals surface area contributed by atoms with E-state index in [4.69, 9.17) is 0 Å². The molecule has 0 fully saturated rings. The number of benzene rings is 6. The fourth-order valence-corrected chi connectivity index (χ4v) is 5.93. The third kappa shape index (κ3) is 4.37. The highest BCUT2D eigenvalue weighted by atomic mass is 14.4. The maximum atomic E-state index is 2.39. The van der Waals surface area contributed by atoms with Crippen LogP contribution < -0.4 is 0 Å². The van der Waals surface area contributed by atoms with Crippen LogP contribution in [0.3, 0.4) is 0 Å². The topological polar surface area (TPSA) is 0 Å². The Hall–Kier alpha value is -3.64. The van der Waals surface area contributed by atoms with Crippen molar-refractivity contribution in [3.05, 3.63) is 108 Å². The van der Waals surface area contributed by atoms with E-state index in [1.807, 2.05) is 27.7 Å². The number of hydrogen-bond donors (Lipinski definition) is 0. The summed E-state index contributed by atoms with van der Waals surface area (Å²) in [6, 6.07) is 36.1. The Labute approximate surface area is 229 Å². The largest absolute Gasteiger partial charge is 0.0683 e. The van der Waals surface area contributed by atoms with Gasteiger partial charge in [-0.25, -0.2) is 0 Å². The van der Waals surface area contributed by atoms with Gasteiger partial charge in [-0.05, 0) is 77.5 Å². The van der Waals surface area contributed by atoms with Gasteiger partial charge in [0.25, 0.3) is 0 Å². The first-order valence-corrected chi connectivity index (χ1v) is 14.5. The molecule has 0 atom stereocenters. The summed E-state index contributed by atoms with van der Waals surface area (Å²) < 4.78 is 0. The maximum Gasteiger partial charge on any atom is 0.0165 e. The van der Waals surface area contributed by atoms with Crippen LogP contribution in [-0.2, 0) is 5.41 Å². The van der Waals surface area contributed by atoms with Gasteiger partial charge in [0.15, 0.2) is 0 Å². The van der Waals surface area contributed by atoms with E-state index in [2.05, 4.69) is 125 Å². The molecule has 194 valence electrons. The molecule has 0 unspecified atom stereocenters. The van der Waals surface area contributed by atoms with Gasteiger partial charge in [-0.3, -0.25) is 0 Å². The summed E-state index contributed by atoms with van der Waals surface area (Å²) in [7, 11) is 0. The summed E-state index contributed by atoms with van der Waals surface area (Å²) >= 11 is 0. The van der Waals surface area contributed by atoms with Gasteiger partial charge >= 0.3 is 0 Å². The highest BCUT2D eigenvalue weighted by Gasteiger charge is 2.37. The van der Waals surface area contributed by atoms with Gasteiger partial charge in [0.05, 0.1) is 0 Å². The van der Waals surface area contributed by atoms with Crippen LogP contribution in [0, 0.1) is 0 Å². The Morgan fingerprint density at radius 1 is 0.500 bits per heavy atom. The monoisotopic (exact) mass is 498 g/mol. The Morgan fingerprint density at radius 2 is 1.05 bits per heavy atom. The van der Waals surface area contributed by atoms with Crippen molar-refractivity contribution in [2.24, 2.45) is 0 Å². The third-order valence-electron chi connectivity index (χ3n) is 7.38. The third-order valence-corrected chi connectivity index (χ3v) is 7.38. The molecule has 0 spiro atoms. The molecule has 0 amide bonds. The minimum absolute atomic E-state index is 0.0352. The summed E-state index contributed by atoms with van der Waals surface area (Å²) in [6.45, 7) is 17.0. The fourth-order valence-electron chi connectivity index (χ4n) is 5.93. The molecule has 0 N–H and O–H groups in total. The molecule has 0 radical (unpaired) electrons. The zero-order chi connectivity index (χ0) is 27.4. The van der Waals surface area contributed by atoms with E-state index in [1.54, 1.807) is 0 Å². The molecule has 1 aliphatic carbocycles. The molecule has 0 bridgehead atoms. The normalized spacial score (nSPS) is 12.5. The van der Waals surface area contributed by atoms with E-state index in [-0.39, 0.29) is 5.41 Å². The fraction of sp³-hybridized carbons (Fsp3) is 0.263. The lowest BCUT2D eigenvalue weighted by Gasteiger charge is -2.23. The van der Waals surface area contributed by atoms with E-state index in [0.29, 0.717) is 0 Å². The molecular formula is C38H42. The van der Waals surface area contributed by atoms with Gasteiger partial charge in [0.1, 0.15) is 0 Å². The van der Waals surface area contributed by atoms with Crippen LogP contribution in [0.15, 0.2) is 97.1 Å². The zero-order valence-corrected chi connectivity index (χ0v) is 24.4. The van der Waals surface area contributed by atoms with Crippen LogP contribution in [0.4, 0.5) is 0 Å². The van der Waals surface area contributed by atoms with Crippen molar-refractivity contribution in [3.8, 4) is 11.1 Å². The zero-order valence-electron chi connectivity index (χ0n) is 24.4. The van der Waals surface area contributed by atoms with Gasteiger partial charge in [-0.1, -0.05) is 147 Å². The minimum Gasteiger partial charge on any atom is -0.0683 e. The lowest BCUT2D eigenvalue weighted by molar-refractivity contribution is 0.667. The predicted molar refractivity (Wildman–Crippen MR) is 173 cm³/mol. The quantitative estimate of drug-likeness (QED) is 0.144. The molecule has 7 rings (SSSR count). The van der Waals surface area contributed by atoms with Crippen LogP contribution in [0.25, 0.3) is 54.2 Å². The summed E-state index contributed by atoms with van der Waals surface area (Å²) in [6.07, 6.45) is 1.25. The van der Waals surface area contributed by atoms with Crippen molar-refractivity contribution in [2.45, 2.75) is 67.2 Å². The average Bonchev–Trinajstić information content (AvgIpc) is 3.21. The molecule has 1 aliphatic rings. The molecule has 0 heteroatoms. The van der Waals surface area contributed by atoms with Crippen molar-refractivity contribution in [2.75, 3.05) is 0 Å². The SMILES string of the molecule is CC.CC.CC1(C)c2ccc3cc4ccccc4cc3c2-c2ccc3c(ccc4ccccc43)c21.CCC. The number of rotatable bonds is 0. The summed E-state index contributed by atoms with van der Waals surface area (Å²) in [4.78, 5) is 0. The van der Waals surface area contributed by atoms with Gasteiger partial charge in [0.2, 0.25) is 0 Å². The Bertz CT molecular complexity index is 1720. The average molecular weight is 499 g/mol. The molecule has 0 saturated carbocycles. The van der Waals surface area contributed by atoms with Crippen LogP contribution in [0.2, 0.25) is 0 Å². The Morgan fingerprint density at radius 3 is 1.74 bits per heavy atom. The lowest BCUT2D eigenvalue weighted by Crippen LogP contribution is -2.15. The van der Waals surface area contributed by atoms with E-state index in [0.717, 1.165) is 0 Å². The first-order chi connectivity index (χ1) is 18.5. The Kier molecular flexibility index (Phi) is 8.22. The van der Waals surface area contributed by atoms with E-state index < -0.39 is 0 Å². The van der Waals surface area contributed by atoms with Crippen molar-refractivity contribution in [3.63, 3.8) is 0 Å². The van der Waals surface area contributed by atoms with Crippen molar-refractivity contribution in [1.29, 1.82) is 0 Å². The standard InChI is InChI=1S/C31H22.C3H8.2C2H6/c1-31(2)28-16-12-22-17-20-8-3-4-9-21(20)18-27(22)29(28)26-15-14-24-23-10-6-5-7-19(23)11-13-25(24)30(26)31;1-3-2;2*1-2/h3-18H,1-2H3;3H2,1-2H3;2*1-2H3. The van der Waals surface area contributed by atoms with Crippen molar-refractivity contribution < 1.29 is 0 Å². The molecular weight excluding hydrogens is 456 g/mol. The second kappa shape index (κ2) is 11.4.